The minimum Gasteiger partial charge on any atom is -0.382 e. The van der Waals surface area contributed by atoms with Crippen molar-refractivity contribution in [3.63, 3.8) is 0 Å². The van der Waals surface area contributed by atoms with Crippen molar-refractivity contribution in [2.45, 2.75) is 32.6 Å². The standard InChI is InChI=1S/C11H16N4/c1-2-3-4-5-9-8-10(12)14-15-7-6-13-11(9)15/h6-8H,2-5H2,1H3,(H2,12,14). The summed E-state index contributed by atoms with van der Waals surface area (Å²) in [4.78, 5) is 4.28. The van der Waals surface area contributed by atoms with Crippen molar-refractivity contribution in [1.82, 2.24) is 14.6 Å². The molecule has 4 nitrogen and oxygen atoms in total. The number of aryl methyl sites for hydroxylation is 1. The van der Waals surface area contributed by atoms with Crippen LogP contribution in [-0.4, -0.2) is 14.6 Å². The third-order valence-electron chi connectivity index (χ3n) is 2.50. The topological polar surface area (TPSA) is 56.2 Å². The maximum Gasteiger partial charge on any atom is 0.156 e. The van der Waals surface area contributed by atoms with Gasteiger partial charge in [-0.15, -0.1) is 5.10 Å². The van der Waals surface area contributed by atoms with Crippen LogP contribution in [0, 0.1) is 0 Å². The number of fused-ring (bicyclic) bond motifs is 1. The summed E-state index contributed by atoms with van der Waals surface area (Å²) < 4.78 is 1.75. The van der Waals surface area contributed by atoms with Gasteiger partial charge < -0.3 is 5.73 Å². The van der Waals surface area contributed by atoms with Crippen molar-refractivity contribution in [3.8, 4) is 0 Å². The van der Waals surface area contributed by atoms with Crippen LogP contribution in [0.5, 0.6) is 0 Å². The predicted molar refractivity (Wildman–Crippen MR) is 60.6 cm³/mol. The highest BCUT2D eigenvalue weighted by Crippen LogP contribution is 2.14. The Morgan fingerprint density at radius 3 is 3.07 bits per heavy atom. The van der Waals surface area contributed by atoms with Crippen molar-refractivity contribution in [3.05, 3.63) is 24.0 Å². The van der Waals surface area contributed by atoms with E-state index in [0.29, 0.717) is 5.82 Å². The Bertz CT molecular complexity index is 447. The summed E-state index contributed by atoms with van der Waals surface area (Å²) in [6.45, 7) is 2.20. The number of nitrogens with zero attached hydrogens (tertiary/aromatic N) is 3. The number of unbranched alkanes of at least 4 members (excludes halogenated alkanes) is 2. The van der Waals surface area contributed by atoms with E-state index in [1.54, 1.807) is 10.7 Å². The fourth-order valence-corrected chi connectivity index (χ4v) is 1.75. The molecule has 0 spiro atoms. The van der Waals surface area contributed by atoms with Gasteiger partial charge in [0.05, 0.1) is 0 Å². The van der Waals surface area contributed by atoms with E-state index in [9.17, 15) is 0 Å². The molecular weight excluding hydrogens is 188 g/mol. The minimum atomic E-state index is 0.562. The third-order valence-corrected chi connectivity index (χ3v) is 2.50. The molecule has 0 aliphatic rings. The van der Waals surface area contributed by atoms with Crippen molar-refractivity contribution in [2.75, 3.05) is 5.73 Å². The molecule has 0 amide bonds. The molecule has 2 heterocycles. The van der Waals surface area contributed by atoms with E-state index in [0.717, 1.165) is 12.1 Å². The van der Waals surface area contributed by atoms with Gasteiger partial charge in [-0.1, -0.05) is 19.8 Å². The van der Waals surface area contributed by atoms with Crippen LogP contribution < -0.4 is 5.73 Å². The highest BCUT2D eigenvalue weighted by molar-refractivity contribution is 5.51. The largest absolute Gasteiger partial charge is 0.382 e. The van der Waals surface area contributed by atoms with Crippen LogP contribution in [0.25, 0.3) is 5.65 Å². The number of rotatable bonds is 4. The Labute approximate surface area is 89.1 Å². The van der Waals surface area contributed by atoms with E-state index >= 15 is 0 Å². The zero-order valence-electron chi connectivity index (χ0n) is 8.98. The van der Waals surface area contributed by atoms with Crippen LogP contribution in [-0.2, 0) is 6.42 Å². The maximum atomic E-state index is 5.73. The fourth-order valence-electron chi connectivity index (χ4n) is 1.75. The average molecular weight is 204 g/mol. The molecule has 0 bridgehead atoms. The first kappa shape index (κ1) is 9.96. The normalized spacial score (nSPS) is 11.0. The number of aromatic nitrogens is 3. The van der Waals surface area contributed by atoms with Crippen molar-refractivity contribution < 1.29 is 0 Å². The summed E-state index contributed by atoms with van der Waals surface area (Å²) >= 11 is 0. The Morgan fingerprint density at radius 1 is 1.40 bits per heavy atom. The SMILES string of the molecule is CCCCCc1cc(N)nn2ccnc12. The highest BCUT2D eigenvalue weighted by atomic mass is 15.3. The van der Waals surface area contributed by atoms with E-state index in [2.05, 4.69) is 17.0 Å². The Hall–Kier alpha value is -1.58. The van der Waals surface area contributed by atoms with Gasteiger partial charge in [0.15, 0.2) is 5.65 Å². The van der Waals surface area contributed by atoms with Gasteiger partial charge >= 0.3 is 0 Å². The highest BCUT2D eigenvalue weighted by Gasteiger charge is 2.04. The van der Waals surface area contributed by atoms with E-state index in [-0.39, 0.29) is 0 Å². The van der Waals surface area contributed by atoms with Gasteiger partial charge in [-0.3, -0.25) is 0 Å². The zero-order valence-corrected chi connectivity index (χ0v) is 8.98. The van der Waals surface area contributed by atoms with Crippen LogP contribution >= 0.6 is 0 Å². The molecule has 0 aliphatic carbocycles. The molecule has 0 saturated heterocycles. The lowest BCUT2D eigenvalue weighted by atomic mass is 10.1. The molecule has 0 aromatic carbocycles. The number of nitrogens with two attached hydrogens (primary N) is 1. The Balaban J connectivity index is 2.27. The molecule has 0 fully saturated rings. The molecule has 0 radical (unpaired) electrons. The van der Waals surface area contributed by atoms with Gasteiger partial charge in [0.1, 0.15) is 5.82 Å². The number of anilines is 1. The molecule has 0 saturated carbocycles. The quantitative estimate of drug-likeness (QED) is 0.775. The number of nitrogen functional groups attached to an aromatic ring is 1. The molecule has 0 atom stereocenters. The second-order valence-electron chi connectivity index (χ2n) is 3.75. The fraction of sp³-hybridized carbons (Fsp3) is 0.455. The summed E-state index contributed by atoms with van der Waals surface area (Å²) in [5.74, 6) is 0.562. The van der Waals surface area contributed by atoms with E-state index < -0.39 is 0 Å². The summed E-state index contributed by atoms with van der Waals surface area (Å²) in [6, 6.07) is 1.93. The smallest absolute Gasteiger partial charge is 0.156 e. The molecular formula is C11H16N4. The first-order chi connectivity index (χ1) is 7.31. The summed E-state index contributed by atoms with van der Waals surface area (Å²) in [5, 5.41) is 4.16. The Kier molecular flexibility index (Phi) is 2.85. The summed E-state index contributed by atoms with van der Waals surface area (Å²) in [6.07, 6.45) is 8.27. The van der Waals surface area contributed by atoms with Crippen molar-refractivity contribution >= 4 is 11.5 Å². The number of hydrogen-bond acceptors (Lipinski definition) is 3. The molecule has 2 aromatic heterocycles. The summed E-state index contributed by atoms with van der Waals surface area (Å²) in [5.41, 5.74) is 7.85. The molecule has 0 aliphatic heterocycles. The first-order valence-electron chi connectivity index (χ1n) is 5.40. The molecule has 0 unspecified atom stereocenters. The Morgan fingerprint density at radius 2 is 2.27 bits per heavy atom. The maximum absolute atomic E-state index is 5.73. The van der Waals surface area contributed by atoms with Crippen LogP contribution in [0.4, 0.5) is 5.82 Å². The van der Waals surface area contributed by atoms with Crippen molar-refractivity contribution in [2.24, 2.45) is 0 Å². The number of hydrogen-bond donors (Lipinski definition) is 1. The minimum absolute atomic E-state index is 0.562. The zero-order chi connectivity index (χ0) is 10.7. The first-order valence-corrected chi connectivity index (χ1v) is 5.40. The lowest BCUT2D eigenvalue weighted by Gasteiger charge is -2.04. The van der Waals surface area contributed by atoms with Crippen LogP contribution in [0.1, 0.15) is 31.7 Å². The third kappa shape index (κ3) is 2.09. The van der Waals surface area contributed by atoms with Crippen LogP contribution in [0.15, 0.2) is 18.5 Å². The van der Waals surface area contributed by atoms with Crippen molar-refractivity contribution in [1.29, 1.82) is 0 Å². The van der Waals surface area contributed by atoms with Crippen LogP contribution in [0.2, 0.25) is 0 Å². The molecule has 4 heteroatoms. The van der Waals surface area contributed by atoms with Gasteiger partial charge in [-0.25, -0.2) is 9.50 Å². The summed E-state index contributed by atoms with van der Waals surface area (Å²) in [7, 11) is 0. The lowest BCUT2D eigenvalue weighted by molar-refractivity contribution is 0.715. The molecule has 2 N–H and O–H groups in total. The average Bonchev–Trinajstić information content (AvgIpc) is 2.65. The molecule has 80 valence electrons. The molecule has 15 heavy (non-hydrogen) atoms. The van der Waals surface area contributed by atoms with Gasteiger partial charge in [0.2, 0.25) is 0 Å². The predicted octanol–water partition coefficient (Wildman–Crippen LogP) is 2.04. The lowest BCUT2D eigenvalue weighted by Crippen LogP contribution is -2.01. The molecule has 2 aromatic rings. The second kappa shape index (κ2) is 4.29. The van der Waals surface area contributed by atoms with E-state index in [4.69, 9.17) is 5.73 Å². The molecule has 2 rings (SSSR count). The number of imidazole rings is 1. The van der Waals surface area contributed by atoms with Crippen LogP contribution in [0.3, 0.4) is 0 Å². The van der Waals surface area contributed by atoms with Gasteiger partial charge in [-0.05, 0) is 18.9 Å². The van der Waals surface area contributed by atoms with Gasteiger partial charge in [0.25, 0.3) is 0 Å². The van der Waals surface area contributed by atoms with Gasteiger partial charge in [0, 0.05) is 18.0 Å². The van der Waals surface area contributed by atoms with Gasteiger partial charge in [-0.2, -0.15) is 0 Å². The van der Waals surface area contributed by atoms with E-state index in [1.807, 2.05) is 12.3 Å². The second-order valence-corrected chi connectivity index (χ2v) is 3.75. The monoisotopic (exact) mass is 204 g/mol. The van der Waals surface area contributed by atoms with E-state index in [1.165, 1.54) is 24.8 Å².